The summed E-state index contributed by atoms with van der Waals surface area (Å²) in [5.74, 6) is 7.34. The van der Waals surface area contributed by atoms with Crippen molar-refractivity contribution < 1.29 is 35.9 Å². The van der Waals surface area contributed by atoms with Gasteiger partial charge >= 0.3 is 0 Å². The van der Waals surface area contributed by atoms with E-state index in [9.17, 15) is 0 Å². The Morgan fingerprint density at radius 2 is 0.886 bits per heavy atom. The molecule has 1 saturated heterocycles. The van der Waals surface area contributed by atoms with E-state index in [4.69, 9.17) is 4.74 Å². The van der Waals surface area contributed by atoms with Crippen LogP contribution in [0.3, 0.4) is 0 Å². The van der Waals surface area contributed by atoms with Gasteiger partial charge in [-0.2, -0.15) is 12.1 Å². The average molecular weight is 862 g/mol. The zero-order chi connectivity index (χ0) is 33.3. The van der Waals surface area contributed by atoms with Crippen molar-refractivity contribution in [1.82, 2.24) is 0 Å². The van der Waals surface area contributed by atoms with Crippen molar-refractivity contribution in [3.8, 4) is 0 Å². The predicted molar refractivity (Wildman–Crippen MR) is 201 cm³/mol. The van der Waals surface area contributed by atoms with Gasteiger partial charge in [-0.15, -0.1) is 0 Å². The Kier molecular flexibility index (Phi) is 20.2. The monoisotopic (exact) mass is 862 g/mol. The Hall–Kier alpha value is 0.406. The molecule has 1 aliphatic carbocycles. The third-order valence-electron chi connectivity index (χ3n) is 11.5. The molecule has 44 heavy (non-hydrogen) atoms. The Labute approximate surface area is 303 Å². The van der Waals surface area contributed by atoms with Crippen molar-refractivity contribution in [3.05, 3.63) is 66.0 Å². The van der Waals surface area contributed by atoms with Crippen LogP contribution < -0.4 is 10.4 Å². The SMILES string of the molecule is C1CCOC1.CC(C)[Si](c1cc[cH-]cc([Si](C(C)C)(C(C)C)C(C)C)[cH-]c1)(C(C)C)C(C)C.C[C]1[C](C)[C](C)[C](C)[C]1C.[U]. The summed E-state index contributed by atoms with van der Waals surface area (Å²) < 4.78 is 4.94. The van der Waals surface area contributed by atoms with Gasteiger partial charge in [-0.3, -0.25) is 11.3 Å². The molecule has 1 nitrogen and oxygen atoms in total. The Morgan fingerprint density at radius 1 is 0.545 bits per heavy atom. The van der Waals surface area contributed by atoms with Gasteiger partial charge in [0.2, 0.25) is 0 Å². The van der Waals surface area contributed by atoms with Crippen LogP contribution in [0.1, 0.15) is 131 Å². The topological polar surface area (TPSA) is 9.23 Å². The summed E-state index contributed by atoms with van der Waals surface area (Å²) in [5, 5.41) is 3.29. The molecular weight excluding hydrogens is 791 g/mol. The number of hydrogen-bond acceptors (Lipinski definition) is 1. The van der Waals surface area contributed by atoms with Crippen molar-refractivity contribution in [2.75, 3.05) is 13.2 Å². The fourth-order valence-corrected chi connectivity index (χ4v) is 22.6. The van der Waals surface area contributed by atoms with Gasteiger partial charge in [0.15, 0.2) is 0 Å². The van der Waals surface area contributed by atoms with Gasteiger partial charge in [0.25, 0.3) is 0 Å². The summed E-state index contributed by atoms with van der Waals surface area (Å²) in [6.07, 6.45) is 2.56. The first kappa shape index (κ1) is 44.4. The number of rotatable bonds is 8. The van der Waals surface area contributed by atoms with E-state index in [0.29, 0.717) is 0 Å². The van der Waals surface area contributed by atoms with Crippen LogP contribution in [0.5, 0.6) is 0 Å². The third-order valence-corrected chi connectivity index (χ3v) is 25.6. The van der Waals surface area contributed by atoms with Crippen molar-refractivity contribution in [2.45, 2.75) is 164 Å². The molecule has 1 aromatic rings. The van der Waals surface area contributed by atoms with Crippen LogP contribution in [0.15, 0.2) is 36.4 Å². The fourth-order valence-electron chi connectivity index (χ4n) is 9.10. The second-order valence-corrected chi connectivity index (χ2v) is 27.0. The molecule has 0 aromatic heterocycles. The first-order valence-electron chi connectivity index (χ1n) is 17.5. The van der Waals surface area contributed by atoms with Crippen LogP contribution >= 0.6 is 0 Å². The molecule has 3 rings (SSSR count). The van der Waals surface area contributed by atoms with E-state index < -0.39 is 16.1 Å². The van der Waals surface area contributed by atoms with Gasteiger partial charge in [-0.05, 0) is 42.4 Å². The molecule has 1 aromatic carbocycles. The van der Waals surface area contributed by atoms with E-state index in [1.807, 2.05) is 0 Å². The standard InChI is InChI=1S/C26H48Si2.C10H15.C4H8O.U/c1-19(2)27(20(3)4,21(5)6)25-15-13-14-16-26(18-17-25)28(22(7)8,23(9)10)24(11)12;1-6-7(2)9(4)10(5)8(6)3;1-2-4-5-3-1;/h13-24H,1-12H3;1-5H3;1-4H2;/q-2;;;. The van der Waals surface area contributed by atoms with Crippen LogP contribution in [0.2, 0.25) is 33.2 Å². The van der Waals surface area contributed by atoms with Gasteiger partial charge in [-0.25, -0.2) is 23.4 Å². The summed E-state index contributed by atoms with van der Waals surface area (Å²) in [6, 6.07) is 14.6. The molecular formula is C40H71OSi2U-2. The molecule has 1 saturated carbocycles. The molecule has 0 unspecified atom stereocenters. The maximum Gasteiger partial charge on any atom is 0.0466 e. The van der Waals surface area contributed by atoms with Crippen molar-refractivity contribution >= 4 is 26.5 Å². The summed E-state index contributed by atoms with van der Waals surface area (Å²) in [5.41, 5.74) is 4.45. The van der Waals surface area contributed by atoms with Crippen LogP contribution in [-0.4, -0.2) is 29.4 Å². The van der Waals surface area contributed by atoms with Crippen molar-refractivity contribution in [2.24, 2.45) is 0 Å². The first-order valence-corrected chi connectivity index (χ1v) is 21.9. The van der Waals surface area contributed by atoms with Crippen LogP contribution in [0, 0.1) is 60.7 Å². The van der Waals surface area contributed by atoms with E-state index in [0.717, 1.165) is 46.5 Å². The van der Waals surface area contributed by atoms with Crippen LogP contribution in [-0.2, 0) is 4.74 Å². The summed E-state index contributed by atoms with van der Waals surface area (Å²) in [7, 11) is -3.28. The van der Waals surface area contributed by atoms with E-state index in [-0.39, 0.29) is 31.1 Å². The normalized spacial score (nSPS) is 17.8. The summed E-state index contributed by atoms with van der Waals surface area (Å²) in [6.45, 7) is 42.6. The van der Waals surface area contributed by atoms with Gasteiger partial charge in [0, 0.05) is 60.5 Å². The second kappa shape index (κ2) is 20.0. The molecule has 251 valence electrons. The minimum Gasteiger partial charge on any atom is -0.381 e. The predicted octanol–water partition coefficient (Wildman–Crippen LogP) is 11.8. The van der Waals surface area contributed by atoms with Crippen LogP contribution in [0.4, 0.5) is 0 Å². The largest absolute Gasteiger partial charge is 0.381 e. The quantitative estimate of drug-likeness (QED) is 0.187. The van der Waals surface area contributed by atoms with Crippen LogP contribution in [0.25, 0.3) is 0 Å². The minimum atomic E-state index is -1.64. The van der Waals surface area contributed by atoms with E-state index in [1.54, 1.807) is 10.4 Å². The maximum absolute atomic E-state index is 4.94. The molecule has 5 radical (unpaired) electrons. The number of hydrogen-bond donors (Lipinski definition) is 0. The van der Waals surface area contributed by atoms with E-state index in [2.05, 4.69) is 154 Å². The van der Waals surface area contributed by atoms with E-state index in [1.165, 1.54) is 42.4 Å². The van der Waals surface area contributed by atoms with Gasteiger partial charge in [0.05, 0.1) is 0 Å². The summed E-state index contributed by atoms with van der Waals surface area (Å²) in [4.78, 5) is 0. The summed E-state index contributed by atoms with van der Waals surface area (Å²) >= 11 is 0. The second-order valence-electron chi connectivity index (χ2n) is 15.2. The molecule has 0 spiro atoms. The van der Waals surface area contributed by atoms with Gasteiger partial charge in [0.1, 0.15) is 0 Å². The first-order chi connectivity index (χ1) is 19.9. The zero-order valence-electron chi connectivity index (χ0n) is 32.2. The molecule has 1 aliphatic heterocycles. The molecule has 0 amide bonds. The fraction of sp³-hybridized carbons (Fsp3) is 0.675. The average Bonchev–Trinajstić information content (AvgIpc) is 3.53. The molecule has 0 N–H and O–H groups in total. The Balaban J connectivity index is 0.000000934. The minimum absolute atomic E-state index is 0. The van der Waals surface area contributed by atoms with E-state index >= 15 is 0 Å². The van der Waals surface area contributed by atoms with Gasteiger partial charge < -0.3 is 4.74 Å². The molecule has 0 bridgehead atoms. The molecule has 4 heteroatoms. The Morgan fingerprint density at radius 3 is 1.16 bits per heavy atom. The molecule has 2 aliphatic rings. The zero-order valence-corrected chi connectivity index (χ0v) is 38.3. The van der Waals surface area contributed by atoms with Crippen molar-refractivity contribution in [1.29, 1.82) is 0 Å². The smallest absolute Gasteiger partial charge is 0.0466 e. The maximum atomic E-state index is 4.94. The Bertz CT molecular complexity index is 798. The van der Waals surface area contributed by atoms with Crippen molar-refractivity contribution in [3.63, 3.8) is 0 Å². The molecule has 1 heterocycles. The molecule has 0 atom stereocenters. The van der Waals surface area contributed by atoms with Gasteiger partial charge in [-0.1, -0.05) is 151 Å². The molecule has 2 fully saturated rings. The third kappa shape index (κ3) is 9.97. The number of ether oxygens (including phenoxy) is 1.